The van der Waals surface area contributed by atoms with Crippen LogP contribution in [0.4, 0.5) is 11.9 Å². The molecule has 0 bridgehead atoms. The molecule has 0 spiro atoms. The molecule has 0 aliphatic heterocycles. The number of hydrogen-bond acceptors (Lipinski definition) is 12. The van der Waals surface area contributed by atoms with Gasteiger partial charge in [0.2, 0.25) is 17.8 Å². The van der Waals surface area contributed by atoms with Crippen molar-refractivity contribution in [3.63, 3.8) is 0 Å². The van der Waals surface area contributed by atoms with E-state index in [-0.39, 0.29) is 56.6 Å². The number of aldehydes is 1. The van der Waals surface area contributed by atoms with Crippen molar-refractivity contribution in [1.82, 2.24) is 38.7 Å². The van der Waals surface area contributed by atoms with E-state index in [9.17, 15) is 24.0 Å². The molecule has 2 aromatic carbocycles. The van der Waals surface area contributed by atoms with E-state index in [0.717, 1.165) is 0 Å². The molecule has 0 aliphatic rings. The van der Waals surface area contributed by atoms with Crippen LogP contribution in [0.2, 0.25) is 0 Å². The molecular formula is C43H51N11O8. The molecule has 4 N–H and O–H groups in total. The van der Waals surface area contributed by atoms with E-state index in [2.05, 4.69) is 20.8 Å². The number of methoxy groups -OCH3 is 1. The van der Waals surface area contributed by atoms with Crippen LogP contribution in [0.1, 0.15) is 92.3 Å². The maximum absolute atomic E-state index is 13.8. The Labute approximate surface area is 357 Å². The van der Waals surface area contributed by atoms with E-state index in [1.54, 1.807) is 82.8 Å². The van der Waals surface area contributed by atoms with Crippen molar-refractivity contribution in [1.29, 1.82) is 0 Å². The number of esters is 1. The molecule has 0 aliphatic carbocycles. The first-order valence-electron chi connectivity index (χ1n) is 20.4. The van der Waals surface area contributed by atoms with Crippen molar-refractivity contribution in [3.8, 4) is 5.75 Å². The fraction of sp³-hybridized carbons (Fsp3) is 0.372. The van der Waals surface area contributed by atoms with E-state index < -0.39 is 23.7 Å². The summed E-state index contributed by atoms with van der Waals surface area (Å²) in [6.45, 7) is 11.3. The van der Waals surface area contributed by atoms with Gasteiger partial charge in [-0.15, -0.1) is 0 Å². The van der Waals surface area contributed by atoms with Gasteiger partial charge < -0.3 is 29.1 Å². The molecule has 0 saturated heterocycles. The SMILES string of the molecule is CCOC(=O)CCc1cc(C=O)cc2nc(NC(=O)c3cc(C)nn3CC)n(C/C=C/Cn3c(NC(=O)c4cc(C)nn4CC)nc4cc(C(N)=O)cc(OCCCOC)c43)c12. The number of hydrogen-bond donors (Lipinski definition) is 3. The van der Waals surface area contributed by atoms with Crippen molar-refractivity contribution >= 4 is 63.9 Å². The minimum absolute atomic E-state index is 0.0527. The summed E-state index contributed by atoms with van der Waals surface area (Å²) in [6, 6.07) is 9.78. The van der Waals surface area contributed by atoms with Crippen LogP contribution in [0.3, 0.4) is 0 Å². The number of rotatable bonds is 21. The number of nitrogens with zero attached hydrogens (tertiary/aromatic N) is 8. The highest BCUT2D eigenvalue weighted by molar-refractivity contribution is 6.05. The summed E-state index contributed by atoms with van der Waals surface area (Å²) in [4.78, 5) is 74.0. The first kappa shape index (κ1) is 44.4. The monoisotopic (exact) mass is 849 g/mol. The number of carbonyl (C=O) groups excluding carboxylic acids is 5. The van der Waals surface area contributed by atoms with Gasteiger partial charge in [-0.1, -0.05) is 12.2 Å². The van der Waals surface area contributed by atoms with Gasteiger partial charge in [-0.25, -0.2) is 9.97 Å². The number of aryl methyl sites for hydroxylation is 5. The van der Waals surface area contributed by atoms with E-state index in [0.29, 0.717) is 94.1 Å². The van der Waals surface area contributed by atoms with Gasteiger partial charge in [-0.05, 0) is 83.0 Å². The van der Waals surface area contributed by atoms with E-state index in [1.807, 2.05) is 26.0 Å². The highest BCUT2D eigenvalue weighted by Gasteiger charge is 2.23. The van der Waals surface area contributed by atoms with E-state index in [4.69, 9.17) is 29.9 Å². The Morgan fingerprint density at radius 2 is 1.35 bits per heavy atom. The molecule has 6 rings (SSSR count). The number of carbonyl (C=O) groups is 5. The topological polar surface area (TPSA) is 234 Å². The molecule has 62 heavy (non-hydrogen) atoms. The van der Waals surface area contributed by atoms with Crippen LogP contribution in [0.25, 0.3) is 22.1 Å². The first-order valence-corrected chi connectivity index (χ1v) is 20.4. The fourth-order valence-electron chi connectivity index (χ4n) is 7.15. The van der Waals surface area contributed by atoms with E-state index in [1.165, 1.54) is 0 Å². The zero-order chi connectivity index (χ0) is 44.5. The number of primary amides is 1. The van der Waals surface area contributed by atoms with Crippen molar-refractivity contribution in [2.45, 2.75) is 80.1 Å². The Hall–Kier alpha value is -7.15. The second-order valence-electron chi connectivity index (χ2n) is 14.3. The summed E-state index contributed by atoms with van der Waals surface area (Å²) in [7, 11) is 1.59. The Balaban J connectivity index is 1.42. The van der Waals surface area contributed by atoms with Gasteiger partial charge in [0.05, 0.1) is 41.2 Å². The summed E-state index contributed by atoms with van der Waals surface area (Å²) < 4.78 is 23.3. The van der Waals surface area contributed by atoms with Gasteiger partial charge in [-0.3, -0.25) is 44.0 Å². The molecule has 19 heteroatoms. The molecule has 3 amide bonds. The van der Waals surface area contributed by atoms with Gasteiger partial charge in [-0.2, -0.15) is 10.2 Å². The number of nitrogens with two attached hydrogens (primary N) is 1. The molecule has 0 radical (unpaired) electrons. The maximum atomic E-state index is 13.8. The van der Waals surface area contributed by atoms with E-state index >= 15 is 0 Å². The van der Waals surface area contributed by atoms with Gasteiger partial charge in [0.15, 0.2) is 0 Å². The van der Waals surface area contributed by atoms with Crippen LogP contribution in [-0.4, -0.2) is 95.6 Å². The molecular weight excluding hydrogens is 799 g/mol. The Morgan fingerprint density at radius 3 is 1.89 bits per heavy atom. The summed E-state index contributed by atoms with van der Waals surface area (Å²) >= 11 is 0. The first-order chi connectivity index (χ1) is 29.9. The van der Waals surface area contributed by atoms with Crippen LogP contribution in [0, 0.1) is 13.8 Å². The normalized spacial score (nSPS) is 11.5. The van der Waals surface area contributed by atoms with Crippen molar-refractivity contribution in [2.75, 3.05) is 37.6 Å². The Morgan fingerprint density at radius 1 is 0.774 bits per heavy atom. The molecule has 0 saturated carbocycles. The molecule has 19 nitrogen and oxygen atoms in total. The quantitative estimate of drug-likeness (QED) is 0.0375. The van der Waals surface area contributed by atoms with Crippen molar-refractivity contribution < 1.29 is 38.2 Å². The molecule has 0 unspecified atom stereocenters. The van der Waals surface area contributed by atoms with Gasteiger partial charge in [0.1, 0.15) is 28.9 Å². The van der Waals surface area contributed by atoms with Crippen molar-refractivity contribution in [2.24, 2.45) is 5.73 Å². The minimum Gasteiger partial charge on any atom is -0.491 e. The summed E-state index contributed by atoms with van der Waals surface area (Å²) in [5, 5.41) is 14.7. The largest absolute Gasteiger partial charge is 0.491 e. The molecule has 4 aromatic heterocycles. The predicted octanol–water partition coefficient (Wildman–Crippen LogP) is 5.02. The number of benzene rings is 2. The molecule has 0 fully saturated rings. The molecule has 4 heterocycles. The number of fused-ring (bicyclic) bond motifs is 2. The summed E-state index contributed by atoms with van der Waals surface area (Å²) in [6.07, 6.45) is 5.26. The van der Waals surface area contributed by atoms with Crippen LogP contribution in [-0.2, 0) is 46.9 Å². The van der Waals surface area contributed by atoms with Crippen LogP contribution >= 0.6 is 0 Å². The standard InChI is InChI=1S/C43H51N11O8/c1-7-53-33(19-26(4)49-53)40(58)47-42-45-31-22-28(25-55)21-29(13-14-36(56)61-9-3)37(31)51(42)15-10-11-16-52-38-32(23-30(39(44)57)24-35(38)62-18-12-17-60-6)46-43(52)48-41(59)34-20-27(5)50-54(34)8-2/h10-11,19-25H,7-9,12-18H2,1-6H3,(H2,44,57)(H,45,47,58)(H,46,48,59)/b11-10+. The zero-order valence-corrected chi connectivity index (χ0v) is 35.7. The number of allylic oxidation sites excluding steroid dienone is 2. The third-order valence-electron chi connectivity index (χ3n) is 9.89. The summed E-state index contributed by atoms with van der Waals surface area (Å²) in [5.74, 6) is -1.25. The lowest BCUT2D eigenvalue weighted by Gasteiger charge is -2.13. The zero-order valence-electron chi connectivity index (χ0n) is 35.7. The van der Waals surface area contributed by atoms with Gasteiger partial charge in [0.25, 0.3) is 11.8 Å². The lowest BCUT2D eigenvalue weighted by Crippen LogP contribution is -2.20. The van der Waals surface area contributed by atoms with Crippen LogP contribution in [0.15, 0.2) is 48.6 Å². The number of nitrogens with one attached hydrogen (secondary N) is 2. The Kier molecular flexibility index (Phi) is 14.3. The minimum atomic E-state index is -0.678. The number of ether oxygens (including phenoxy) is 3. The Bertz CT molecular complexity index is 2670. The number of imidazole rings is 2. The van der Waals surface area contributed by atoms with Crippen LogP contribution < -0.4 is 21.1 Å². The highest BCUT2D eigenvalue weighted by atomic mass is 16.5. The average Bonchev–Trinajstić information content (AvgIpc) is 4.02. The molecule has 0 atom stereocenters. The van der Waals surface area contributed by atoms with Crippen molar-refractivity contribution in [3.05, 3.63) is 88.0 Å². The second kappa shape index (κ2) is 19.9. The number of amides is 3. The smallest absolute Gasteiger partial charge is 0.306 e. The highest BCUT2D eigenvalue weighted by Crippen LogP contribution is 2.32. The third kappa shape index (κ3) is 9.89. The molecule has 326 valence electrons. The number of aromatic nitrogens is 8. The maximum Gasteiger partial charge on any atom is 0.306 e. The molecule has 6 aromatic rings. The lowest BCUT2D eigenvalue weighted by atomic mass is 10.0. The third-order valence-corrected chi connectivity index (χ3v) is 9.89. The van der Waals surface area contributed by atoms with Gasteiger partial charge in [0, 0.05) is 63.9 Å². The van der Waals surface area contributed by atoms with Gasteiger partial charge >= 0.3 is 5.97 Å². The lowest BCUT2D eigenvalue weighted by molar-refractivity contribution is -0.143. The second-order valence-corrected chi connectivity index (χ2v) is 14.3. The fourth-order valence-corrected chi connectivity index (χ4v) is 7.15. The predicted molar refractivity (Wildman–Crippen MR) is 231 cm³/mol. The van der Waals surface area contributed by atoms with Crippen LogP contribution in [0.5, 0.6) is 5.75 Å². The number of anilines is 2. The summed E-state index contributed by atoms with van der Waals surface area (Å²) in [5.41, 5.74) is 10.8. The average molecular weight is 850 g/mol.